The number of halogens is 3. The zero-order valence-electron chi connectivity index (χ0n) is 12.8. The number of carbonyl (C=O) groups excluding carboxylic acids is 1. The Balaban J connectivity index is 2.19. The fraction of sp³-hybridized carbons (Fsp3) is 0.0667. The molecule has 0 saturated heterocycles. The zero-order chi connectivity index (χ0) is 19.5. The molecule has 0 heterocycles. The van der Waals surface area contributed by atoms with E-state index in [-0.39, 0.29) is 16.0 Å². The number of nitriles is 1. The third kappa shape index (κ3) is 4.50. The van der Waals surface area contributed by atoms with E-state index in [1.54, 1.807) is 6.07 Å². The first-order chi connectivity index (χ1) is 12.0. The van der Waals surface area contributed by atoms with Crippen molar-refractivity contribution in [1.29, 1.82) is 5.26 Å². The number of alkyl halides is 3. The van der Waals surface area contributed by atoms with Crippen LogP contribution in [0.1, 0.15) is 21.5 Å². The minimum atomic E-state index is -4.74. The molecule has 4 N–H and O–H groups in total. The van der Waals surface area contributed by atoms with Crippen LogP contribution in [0.5, 0.6) is 0 Å². The summed E-state index contributed by atoms with van der Waals surface area (Å²) < 4.78 is 61.4. The second-order valence-electron chi connectivity index (χ2n) is 5.02. The molecule has 7 nitrogen and oxygen atoms in total. The van der Waals surface area contributed by atoms with Crippen LogP contribution in [0.2, 0.25) is 0 Å². The zero-order valence-corrected chi connectivity index (χ0v) is 13.6. The largest absolute Gasteiger partial charge is 0.418 e. The number of primary sulfonamides is 1. The lowest BCUT2D eigenvalue weighted by Gasteiger charge is -2.15. The molecule has 0 fully saturated rings. The highest BCUT2D eigenvalue weighted by atomic mass is 32.2. The smallest absolute Gasteiger partial charge is 0.298 e. The van der Waals surface area contributed by atoms with Gasteiger partial charge in [-0.1, -0.05) is 0 Å². The van der Waals surface area contributed by atoms with Gasteiger partial charge in [-0.05, 0) is 42.5 Å². The molecule has 0 radical (unpaired) electrons. The molecule has 0 atom stereocenters. The van der Waals surface area contributed by atoms with Crippen molar-refractivity contribution in [3.8, 4) is 6.07 Å². The normalized spacial score (nSPS) is 11.5. The Morgan fingerprint density at radius 1 is 1.12 bits per heavy atom. The molecular formula is C15H11F3N4O3S. The molecule has 1 amide bonds. The van der Waals surface area contributed by atoms with E-state index in [1.807, 2.05) is 0 Å². The number of nitrogens with two attached hydrogens (primary N) is 1. The van der Waals surface area contributed by atoms with Gasteiger partial charge in [-0.15, -0.1) is 0 Å². The van der Waals surface area contributed by atoms with Gasteiger partial charge in [-0.25, -0.2) is 13.6 Å². The van der Waals surface area contributed by atoms with Crippen molar-refractivity contribution >= 4 is 21.6 Å². The Hall–Kier alpha value is -3.10. The maximum absolute atomic E-state index is 13.0. The molecule has 11 heteroatoms. The number of amides is 1. The number of benzene rings is 2. The molecule has 0 bridgehead atoms. The highest BCUT2D eigenvalue weighted by Gasteiger charge is 2.34. The second-order valence-corrected chi connectivity index (χ2v) is 6.58. The van der Waals surface area contributed by atoms with Crippen LogP contribution in [-0.4, -0.2) is 14.3 Å². The molecule has 0 aliphatic heterocycles. The number of carbonyl (C=O) groups is 1. The predicted octanol–water partition coefficient (Wildman–Crippen LogP) is 1.98. The van der Waals surface area contributed by atoms with Gasteiger partial charge in [0.2, 0.25) is 10.0 Å². The molecule has 0 aliphatic rings. The summed E-state index contributed by atoms with van der Waals surface area (Å²) in [4.78, 5) is 11.8. The lowest BCUT2D eigenvalue weighted by molar-refractivity contribution is -0.137. The lowest BCUT2D eigenvalue weighted by Crippen LogP contribution is -2.30. The first-order valence-corrected chi connectivity index (χ1v) is 8.37. The van der Waals surface area contributed by atoms with Gasteiger partial charge in [0.25, 0.3) is 5.91 Å². The molecule has 2 rings (SSSR count). The van der Waals surface area contributed by atoms with Crippen molar-refractivity contribution in [2.75, 3.05) is 5.43 Å². The van der Waals surface area contributed by atoms with Crippen molar-refractivity contribution in [2.45, 2.75) is 11.1 Å². The Kier molecular flexibility index (Phi) is 5.20. The summed E-state index contributed by atoms with van der Waals surface area (Å²) in [6.45, 7) is 0. The number of hydrogen-bond donors (Lipinski definition) is 3. The summed E-state index contributed by atoms with van der Waals surface area (Å²) in [6.07, 6.45) is -4.74. The van der Waals surface area contributed by atoms with Gasteiger partial charge in [0.05, 0.1) is 27.8 Å². The third-order valence-corrected chi connectivity index (χ3v) is 4.14. The fourth-order valence-electron chi connectivity index (χ4n) is 1.95. The Labute approximate surface area is 146 Å². The SMILES string of the molecule is N#Cc1ccc(NNC(=O)c2ccc(S(N)(=O)=O)cc2)c(C(F)(F)F)c1. The summed E-state index contributed by atoms with van der Waals surface area (Å²) >= 11 is 0. The quantitative estimate of drug-likeness (QED) is 0.695. The van der Waals surface area contributed by atoms with Crippen molar-refractivity contribution in [3.05, 3.63) is 59.2 Å². The monoisotopic (exact) mass is 384 g/mol. The summed E-state index contributed by atoms with van der Waals surface area (Å²) in [6, 6.07) is 8.90. The number of anilines is 1. The summed E-state index contributed by atoms with van der Waals surface area (Å²) in [7, 11) is -3.93. The van der Waals surface area contributed by atoms with E-state index in [9.17, 15) is 26.4 Å². The molecule has 0 aromatic heterocycles. The minimum Gasteiger partial charge on any atom is -0.298 e. The highest BCUT2D eigenvalue weighted by Crippen LogP contribution is 2.35. The first kappa shape index (κ1) is 19.2. The van der Waals surface area contributed by atoms with Crippen molar-refractivity contribution in [3.63, 3.8) is 0 Å². The lowest BCUT2D eigenvalue weighted by atomic mass is 10.1. The molecule has 136 valence electrons. The van der Waals surface area contributed by atoms with Crippen LogP contribution < -0.4 is 16.0 Å². The van der Waals surface area contributed by atoms with E-state index in [1.165, 1.54) is 0 Å². The molecule has 2 aromatic rings. The Morgan fingerprint density at radius 3 is 2.23 bits per heavy atom. The Morgan fingerprint density at radius 2 is 1.73 bits per heavy atom. The maximum atomic E-state index is 13.0. The third-order valence-electron chi connectivity index (χ3n) is 3.21. The first-order valence-electron chi connectivity index (χ1n) is 6.83. The summed E-state index contributed by atoms with van der Waals surface area (Å²) in [5, 5.41) is 13.6. The summed E-state index contributed by atoms with van der Waals surface area (Å²) in [5.74, 6) is -0.802. The van der Waals surface area contributed by atoms with Gasteiger partial charge in [0.1, 0.15) is 0 Å². The molecule has 0 spiro atoms. The van der Waals surface area contributed by atoms with Crippen LogP contribution in [-0.2, 0) is 16.2 Å². The number of hydrogen-bond acceptors (Lipinski definition) is 5. The standard InChI is InChI=1S/C15H11F3N4O3S/c16-15(17,18)12-7-9(8-19)1-6-13(12)21-22-14(23)10-2-4-11(5-3-10)26(20,24)25/h1-7,21H,(H,22,23)(H2,20,24,25). The van der Waals surface area contributed by atoms with E-state index in [2.05, 4.69) is 10.9 Å². The van der Waals surface area contributed by atoms with Crippen molar-refractivity contribution in [1.82, 2.24) is 5.43 Å². The molecule has 26 heavy (non-hydrogen) atoms. The van der Waals surface area contributed by atoms with Gasteiger partial charge in [-0.2, -0.15) is 18.4 Å². The van der Waals surface area contributed by atoms with Gasteiger partial charge < -0.3 is 0 Å². The van der Waals surface area contributed by atoms with Gasteiger partial charge >= 0.3 is 6.18 Å². The van der Waals surface area contributed by atoms with E-state index in [0.29, 0.717) is 6.07 Å². The van der Waals surface area contributed by atoms with Crippen LogP contribution in [0.4, 0.5) is 18.9 Å². The molecule has 0 aliphatic carbocycles. The maximum Gasteiger partial charge on any atom is 0.418 e. The molecule has 0 saturated carbocycles. The second kappa shape index (κ2) is 7.03. The summed E-state index contributed by atoms with van der Waals surface area (Å²) in [5.41, 5.74) is 2.44. The molecule has 2 aromatic carbocycles. The van der Waals surface area contributed by atoms with Gasteiger partial charge in [0, 0.05) is 5.56 Å². The van der Waals surface area contributed by atoms with Crippen LogP contribution >= 0.6 is 0 Å². The van der Waals surface area contributed by atoms with Crippen LogP contribution in [0.3, 0.4) is 0 Å². The number of hydrazine groups is 1. The van der Waals surface area contributed by atoms with Crippen LogP contribution in [0.25, 0.3) is 0 Å². The Bertz CT molecular complexity index is 981. The number of nitrogens with zero attached hydrogens (tertiary/aromatic N) is 1. The highest BCUT2D eigenvalue weighted by molar-refractivity contribution is 7.89. The predicted molar refractivity (Wildman–Crippen MR) is 85.1 cm³/mol. The van der Waals surface area contributed by atoms with Crippen LogP contribution in [0.15, 0.2) is 47.4 Å². The van der Waals surface area contributed by atoms with E-state index < -0.39 is 33.4 Å². The van der Waals surface area contributed by atoms with Crippen molar-refractivity contribution < 1.29 is 26.4 Å². The van der Waals surface area contributed by atoms with Crippen LogP contribution in [0, 0.1) is 11.3 Å². The topological polar surface area (TPSA) is 125 Å². The van der Waals surface area contributed by atoms with E-state index in [4.69, 9.17) is 10.4 Å². The van der Waals surface area contributed by atoms with E-state index >= 15 is 0 Å². The number of rotatable bonds is 4. The van der Waals surface area contributed by atoms with Crippen molar-refractivity contribution in [2.24, 2.45) is 5.14 Å². The van der Waals surface area contributed by atoms with Gasteiger partial charge in [-0.3, -0.25) is 15.6 Å². The number of sulfonamides is 1. The average molecular weight is 384 g/mol. The molecule has 0 unspecified atom stereocenters. The van der Waals surface area contributed by atoms with E-state index in [0.717, 1.165) is 36.4 Å². The number of nitrogens with one attached hydrogen (secondary N) is 2. The molecular weight excluding hydrogens is 373 g/mol. The minimum absolute atomic E-state index is 0.00731. The fourth-order valence-corrected chi connectivity index (χ4v) is 2.47. The average Bonchev–Trinajstić information content (AvgIpc) is 2.58. The van der Waals surface area contributed by atoms with Gasteiger partial charge in [0.15, 0.2) is 0 Å².